The minimum atomic E-state index is 0.688. The van der Waals surface area contributed by atoms with Crippen LogP contribution in [0.3, 0.4) is 0 Å². The predicted octanol–water partition coefficient (Wildman–Crippen LogP) is 4.12. The summed E-state index contributed by atoms with van der Waals surface area (Å²) in [6, 6.07) is 15.9. The van der Waals surface area contributed by atoms with Crippen molar-refractivity contribution in [3.63, 3.8) is 0 Å². The maximum absolute atomic E-state index is 4.51. The van der Waals surface area contributed by atoms with Gasteiger partial charge in [0.1, 0.15) is 17.8 Å². The second kappa shape index (κ2) is 7.10. The topological polar surface area (TPSA) is 86.3 Å². The second-order valence-electron chi connectivity index (χ2n) is 6.48. The molecule has 0 fully saturated rings. The zero-order chi connectivity index (χ0) is 19.8. The molecule has 0 amide bonds. The molecule has 1 N–H and O–H groups in total. The van der Waals surface area contributed by atoms with Crippen molar-refractivity contribution in [3.8, 4) is 16.9 Å². The van der Waals surface area contributed by atoms with E-state index in [1.54, 1.807) is 15.6 Å². The molecule has 0 bridgehead atoms. The predicted molar refractivity (Wildman–Crippen MR) is 114 cm³/mol. The molecule has 0 spiro atoms. The van der Waals surface area contributed by atoms with E-state index in [2.05, 4.69) is 46.6 Å². The number of fused-ring (bicyclic) bond motifs is 1. The molecule has 142 valence electrons. The smallest absolute Gasteiger partial charge is 0.168 e. The molecule has 9 heteroatoms. The fourth-order valence-electron chi connectivity index (χ4n) is 3.11. The number of hydrogen-bond donors (Lipinski definition) is 1. The summed E-state index contributed by atoms with van der Waals surface area (Å²) in [6.45, 7) is 0. The van der Waals surface area contributed by atoms with Crippen LogP contribution in [0.4, 0.5) is 11.5 Å². The molecule has 3 aromatic heterocycles. The van der Waals surface area contributed by atoms with E-state index in [9.17, 15) is 0 Å². The molecule has 8 nitrogen and oxygen atoms in total. The third-order valence-corrected chi connectivity index (χ3v) is 4.94. The summed E-state index contributed by atoms with van der Waals surface area (Å²) in [4.78, 5) is 8.85. The van der Waals surface area contributed by atoms with Crippen molar-refractivity contribution in [2.24, 2.45) is 7.05 Å². The van der Waals surface area contributed by atoms with Crippen LogP contribution in [0.2, 0.25) is 0 Å². The van der Waals surface area contributed by atoms with E-state index in [4.69, 9.17) is 0 Å². The Morgan fingerprint density at radius 2 is 1.93 bits per heavy atom. The van der Waals surface area contributed by atoms with E-state index in [0.717, 1.165) is 38.1 Å². The van der Waals surface area contributed by atoms with Gasteiger partial charge in [0.05, 0.1) is 23.5 Å². The van der Waals surface area contributed by atoms with Gasteiger partial charge in [0, 0.05) is 22.8 Å². The van der Waals surface area contributed by atoms with E-state index in [0.29, 0.717) is 5.82 Å². The van der Waals surface area contributed by atoms with Crippen molar-refractivity contribution >= 4 is 38.5 Å². The van der Waals surface area contributed by atoms with Crippen LogP contribution in [-0.4, -0.2) is 34.7 Å². The number of hydrogen-bond acceptors (Lipinski definition) is 6. The molecule has 0 saturated heterocycles. The van der Waals surface area contributed by atoms with Gasteiger partial charge in [-0.05, 0) is 30.3 Å². The summed E-state index contributed by atoms with van der Waals surface area (Å²) in [5.74, 6) is 0.688. The van der Waals surface area contributed by atoms with E-state index in [-0.39, 0.29) is 0 Å². The zero-order valence-corrected chi connectivity index (χ0v) is 16.9. The molecule has 0 unspecified atom stereocenters. The quantitative estimate of drug-likeness (QED) is 0.446. The standard InChI is InChI=1S/C20H15BrN8/c1-28-11-18(26-27-28)13-4-2-6-15(8-13)25-19-17-10-24-29(20(17)23-12-22-19)16-7-3-5-14(21)9-16/h2-12H,1H3,(H,22,23,25). The molecule has 3 heterocycles. The monoisotopic (exact) mass is 446 g/mol. The minimum absolute atomic E-state index is 0.688. The lowest BCUT2D eigenvalue weighted by Gasteiger charge is -2.08. The number of nitrogens with one attached hydrogen (secondary N) is 1. The minimum Gasteiger partial charge on any atom is -0.339 e. The summed E-state index contributed by atoms with van der Waals surface area (Å²) < 4.78 is 4.45. The molecule has 0 saturated carbocycles. The third kappa shape index (κ3) is 3.36. The molecule has 0 radical (unpaired) electrons. The molecule has 0 atom stereocenters. The first-order chi connectivity index (χ1) is 14.2. The van der Waals surface area contributed by atoms with Gasteiger partial charge < -0.3 is 5.32 Å². The highest BCUT2D eigenvalue weighted by Gasteiger charge is 2.12. The van der Waals surface area contributed by atoms with E-state index in [1.807, 2.05) is 61.8 Å². The average Bonchev–Trinajstić information content (AvgIpc) is 3.35. The highest BCUT2D eigenvalue weighted by atomic mass is 79.9. The molecular formula is C20H15BrN8. The van der Waals surface area contributed by atoms with Gasteiger partial charge in [0.2, 0.25) is 0 Å². The van der Waals surface area contributed by atoms with Gasteiger partial charge in [-0.3, -0.25) is 4.68 Å². The number of benzene rings is 2. The highest BCUT2D eigenvalue weighted by Crippen LogP contribution is 2.27. The van der Waals surface area contributed by atoms with Crippen molar-refractivity contribution in [2.45, 2.75) is 0 Å². The molecule has 29 heavy (non-hydrogen) atoms. The van der Waals surface area contributed by atoms with Gasteiger partial charge in [-0.25, -0.2) is 14.6 Å². The number of rotatable bonds is 4. The lowest BCUT2D eigenvalue weighted by atomic mass is 10.1. The van der Waals surface area contributed by atoms with Gasteiger partial charge in [-0.2, -0.15) is 5.10 Å². The Morgan fingerprint density at radius 1 is 1.03 bits per heavy atom. The Hall–Kier alpha value is -3.59. The number of anilines is 2. The van der Waals surface area contributed by atoms with Crippen molar-refractivity contribution < 1.29 is 0 Å². The molecule has 5 rings (SSSR count). The summed E-state index contributed by atoms with van der Waals surface area (Å²) in [5, 5.41) is 16.9. The van der Waals surface area contributed by atoms with Gasteiger partial charge in [0.15, 0.2) is 5.65 Å². The van der Waals surface area contributed by atoms with Crippen LogP contribution in [0.5, 0.6) is 0 Å². The molecule has 2 aromatic carbocycles. The Labute approximate surface area is 174 Å². The van der Waals surface area contributed by atoms with E-state index in [1.165, 1.54) is 6.33 Å². The van der Waals surface area contributed by atoms with Crippen molar-refractivity contribution in [3.05, 3.63) is 71.7 Å². The molecule has 5 aromatic rings. The summed E-state index contributed by atoms with van der Waals surface area (Å²) in [7, 11) is 1.85. The molecule has 0 aliphatic carbocycles. The van der Waals surface area contributed by atoms with Crippen LogP contribution < -0.4 is 5.32 Å². The van der Waals surface area contributed by atoms with Gasteiger partial charge >= 0.3 is 0 Å². The lowest BCUT2D eigenvalue weighted by Crippen LogP contribution is -1.99. The van der Waals surface area contributed by atoms with Crippen LogP contribution in [0.1, 0.15) is 0 Å². The number of nitrogens with zero attached hydrogens (tertiary/aromatic N) is 7. The van der Waals surface area contributed by atoms with Crippen LogP contribution in [0.15, 0.2) is 71.7 Å². The first kappa shape index (κ1) is 17.5. The summed E-state index contributed by atoms with van der Waals surface area (Å²) >= 11 is 3.50. The van der Waals surface area contributed by atoms with Crippen molar-refractivity contribution in [1.82, 2.24) is 34.7 Å². The average molecular weight is 447 g/mol. The largest absolute Gasteiger partial charge is 0.339 e. The van der Waals surface area contributed by atoms with Crippen molar-refractivity contribution in [1.29, 1.82) is 0 Å². The normalized spacial score (nSPS) is 11.1. The maximum atomic E-state index is 4.51. The summed E-state index contributed by atoms with van der Waals surface area (Å²) in [5.41, 5.74) is 4.32. The molecule has 0 aliphatic rings. The Morgan fingerprint density at radius 3 is 2.76 bits per heavy atom. The highest BCUT2D eigenvalue weighted by molar-refractivity contribution is 9.10. The van der Waals surface area contributed by atoms with Gasteiger partial charge in [0.25, 0.3) is 0 Å². The zero-order valence-electron chi connectivity index (χ0n) is 15.4. The second-order valence-corrected chi connectivity index (χ2v) is 7.39. The van der Waals surface area contributed by atoms with Crippen LogP contribution in [0.25, 0.3) is 28.0 Å². The van der Waals surface area contributed by atoms with Gasteiger partial charge in [-0.1, -0.05) is 39.3 Å². The Kier molecular flexibility index (Phi) is 4.28. The van der Waals surface area contributed by atoms with E-state index < -0.39 is 0 Å². The fraction of sp³-hybridized carbons (Fsp3) is 0.0500. The lowest BCUT2D eigenvalue weighted by molar-refractivity contribution is 0.715. The molecular weight excluding hydrogens is 432 g/mol. The third-order valence-electron chi connectivity index (χ3n) is 4.44. The maximum Gasteiger partial charge on any atom is 0.168 e. The Balaban J connectivity index is 1.52. The number of aromatic nitrogens is 7. The van der Waals surface area contributed by atoms with E-state index >= 15 is 0 Å². The van der Waals surface area contributed by atoms with Crippen LogP contribution >= 0.6 is 15.9 Å². The number of halogens is 1. The van der Waals surface area contributed by atoms with Crippen LogP contribution in [0, 0.1) is 0 Å². The SMILES string of the molecule is Cn1cc(-c2cccc(Nc3ncnc4c3cnn4-c3cccc(Br)c3)c2)nn1. The first-order valence-electron chi connectivity index (χ1n) is 8.86. The summed E-state index contributed by atoms with van der Waals surface area (Å²) in [6.07, 6.45) is 5.18. The number of aryl methyl sites for hydroxylation is 1. The van der Waals surface area contributed by atoms with Crippen LogP contribution in [-0.2, 0) is 7.05 Å². The fourth-order valence-corrected chi connectivity index (χ4v) is 3.50. The Bertz CT molecular complexity index is 1320. The van der Waals surface area contributed by atoms with Crippen molar-refractivity contribution in [2.75, 3.05) is 5.32 Å². The molecule has 0 aliphatic heterocycles. The first-order valence-corrected chi connectivity index (χ1v) is 9.65. The van der Waals surface area contributed by atoms with Gasteiger partial charge in [-0.15, -0.1) is 5.10 Å².